The number of carbonyl (C=O) groups excluding carboxylic acids is 1. The lowest BCUT2D eigenvalue weighted by atomic mass is 9.69. The second-order valence-electron chi connectivity index (χ2n) is 6.51. The summed E-state index contributed by atoms with van der Waals surface area (Å²) in [5.41, 5.74) is 0.298. The zero-order chi connectivity index (χ0) is 13.8. The third-order valence-electron chi connectivity index (χ3n) is 4.19. The molecule has 0 bridgehead atoms. The molecule has 1 fully saturated rings. The van der Waals surface area contributed by atoms with Gasteiger partial charge in [0, 0.05) is 6.04 Å². The average Bonchev–Trinajstić information content (AvgIpc) is 2.34. The van der Waals surface area contributed by atoms with Crippen molar-refractivity contribution >= 4 is 5.97 Å². The van der Waals surface area contributed by atoms with Crippen molar-refractivity contribution in [1.82, 2.24) is 5.32 Å². The lowest BCUT2D eigenvalue weighted by Crippen LogP contribution is -2.50. The molecule has 0 aromatic heterocycles. The Morgan fingerprint density at radius 3 is 2.44 bits per heavy atom. The highest BCUT2D eigenvalue weighted by Crippen LogP contribution is 2.38. The van der Waals surface area contributed by atoms with Crippen LogP contribution in [-0.2, 0) is 9.53 Å². The first-order valence-corrected chi connectivity index (χ1v) is 7.24. The third kappa shape index (κ3) is 3.98. The molecule has 106 valence electrons. The minimum absolute atomic E-state index is 0.129. The molecule has 0 aromatic carbocycles. The van der Waals surface area contributed by atoms with Crippen LogP contribution in [-0.4, -0.2) is 25.2 Å². The van der Waals surface area contributed by atoms with Gasteiger partial charge in [-0.2, -0.15) is 0 Å². The second kappa shape index (κ2) is 6.55. The van der Waals surface area contributed by atoms with Gasteiger partial charge in [0.2, 0.25) is 0 Å². The Bertz CT molecular complexity index is 270. The summed E-state index contributed by atoms with van der Waals surface area (Å²) in [6.45, 7) is 8.94. The number of hydrogen-bond acceptors (Lipinski definition) is 3. The van der Waals surface area contributed by atoms with Crippen LogP contribution in [0.15, 0.2) is 0 Å². The molecule has 18 heavy (non-hydrogen) atoms. The van der Waals surface area contributed by atoms with Crippen molar-refractivity contribution in [2.45, 2.75) is 71.9 Å². The molecule has 3 heteroatoms. The molecule has 1 rings (SSSR count). The van der Waals surface area contributed by atoms with Gasteiger partial charge < -0.3 is 10.1 Å². The number of esters is 1. The summed E-state index contributed by atoms with van der Waals surface area (Å²) in [6, 6.07) is 0.297. The predicted octanol–water partition coefficient (Wildman–Crippen LogP) is 3.13. The Kier molecular flexibility index (Phi) is 5.64. The van der Waals surface area contributed by atoms with Gasteiger partial charge in [-0.3, -0.25) is 4.79 Å². The van der Waals surface area contributed by atoms with Crippen LogP contribution in [0.4, 0.5) is 0 Å². The molecular formula is C15H29NO2. The van der Waals surface area contributed by atoms with Gasteiger partial charge in [0.05, 0.1) is 7.11 Å². The molecule has 1 saturated carbocycles. The topological polar surface area (TPSA) is 38.3 Å². The average molecular weight is 255 g/mol. The highest BCUT2D eigenvalue weighted by atomic mass is 16.5. The Hall–Kier alpha value is -0.570. The molecule has 3 atom stereocenters. The van der Waals surface area contributed by atoms with E-state index in [1.165, 1.54) is 32.8 Å². The molecule has 1 aliphatic rings. The summed E-state index contributed by atoms with van der Waals surface area (Å²) in [5.74, 6) is 0.515. The van der Waals surface area contributed by atoms with Crippen LogP contribution in [0.2, 0.25) is 0 Å². The number of methoxy groups -OCH3 is 1. The van der Waals surface area contributed by atoms with Crippen LogP contribution in [0.3, 0.4) is 0 Å². The van der Waals surface area contributed by atoms with E-state index in [2.05, 4.69) is 26.1 Å². The SMILES string of the molecule is CCC(NC1CCCCC1C(C)(C)C)C(=O)OC. The molecule has 0 amide bonds. The molecule has 3 nitrogen and oxygen atoms in total. The van der Waals surface area contributed by atoms with E-state index in [1.807, 2.05) is 6.92 Å². The number of nitrogens with one attached hydrogen (secondary N) is 1. The zero-order valence-electron chi connectivity index (χ0n) is 12.6. The summed E-state index contributed by atoms with van der Waals surface area (Å²) in [5, 5.41) is 3.54. The van der Waals surface area contributed by atoms with E-state index in [0.717, 1.165) is 6.42 Å². The molecule has 0 spiro atoms. The Morgan fingerprint density at radius 2 is 1.94 bits per heavy atom. The summed E-state index contributed by atoms with van der Waals surface area (Å²) in [6.07, 6.45) is 5.81. The van der Waals surface area contributed by atoms with E-state index in [-0.39, 0.29) is 12.0 Å². The van der Waals surface area contributed by atoms with Crippen LogP contribution < -0.4 is 5.32 Å². The lowest BCUT2D eigenvalue weighted by Gasteiger charge is -2.42. The van der Waals surface area contributed by atoms with Gasteiger partial charge in [-0.15, -0.1) is 0 Å². The normalized spacial score (nSPS) is 26.7. The van der Waals surface area contributed by atoms with Crippen molar-refractivity contribution in [1.29, 1.82) is 0 Å². The predicted molar refractivity (Wildman–Crippen MR) is 74.4 cm³/mol. The van der Waals surface area contributed by atoms with Gasteiger partial charge in [0.15, 0.2) is 0 Å². The first kappa shape index (κ1) is 15.5. The van der Waals surface area contributed by atoms with Gasteiger partial charge in [-0.05, 0) is 30.6 Å². The number of ether oxygens (including phenoxy) is 1. The van der Waals surface area contributed by atoms with Crippen molar-refractivity contribution in [3.63, 3.8) is 0 Å². The van der Waals surface area contributed by atoms with Crippen molar-refractivity contribution in [2.75, 3.05) is 7.11 Å². The second-order valence-corrected chi connectivity index (χ2v) is 6.51. The molecule has 0 aliphatic heterocycles. The van der Waals surface area contributed by atoms with Gasteiger partial charge >= 0.3 is 5.97 Å². The summed E-state index contributed by atoms with van der Waals surface area (Å²) < 4.78 is 4.86. The molecule has 0 aromatic rings. The third-order valence-corrected chi connectivity index (χ3v) is 4.19. The van der Waals surface area contributed by atoms with E-state index >= 15 is 0 Å². The standard InChI is InChI=1S/C15H29NO2/c1-6-12(14(17)18-5)16-13-10-8-7-9-11(13)15(2,3)4/h11-13,16H,6-10H2,1-5H3. The van der Waals surface area contributed by atoms with Crippen LogP contribution in [0.5, 0.6) is 0 Å². The van der Waals surface area contributed by atoms with Crippen molar-refractivity contribution in [3.8, 4) is 0 Å². The van der Waals surface area contributed by atoms with Gasteiger partial charge in [0.1, 0.15) is 6.04 Å². The molecule has 1 aliphatic carbocycles. The molecule has 0 heterocycles. The Morgan fingerprint density at radius 1 is 1.33 bits per heavy atom. The summed E-state index contributed by atoms with van der Waals surface area (Å²) >= 11 is 0. The molecular weight excluding hydrogens is 226 g/mol. The fraction of sp³-hybridized carbons (Fsp3) is 0.933. The van der Waals surface area contributed by atoms with E-state index in [0.29, 0.717) is 17.4 Å². The summed E-state index contributed by atoms with van der Waals surface area (Å²) in [4.78, 5) is 11.7. The monoisotopic (exact) mass is 255 g/mol. The largest absolute Gasteiger partial charge is 0.468 e. The number of rotatable bonds is 4. The van der Waals surface area contributed by atoms with Crippen LogP contribution in [0.1, 0.15) is 59.8 Å². The van der Waals surface area contributed by atoms with Gasteiger partial charge in [-0.1, -0.05) is 40.5 Å². The molecule has 1 N–H and O–H groups in total. The van der Waals surface area contributed by atoms with E-state index in [9.17, 15) is 4.79 Å². The zero-order valence-corrected chi connectivity index (χ0v) is 12.6. The van der Waals surface area contributed by atoms with Crippen LogP contribution in [0.25, 0.3) is 0 Å². The highest BCUT2D eigenvalue weighted by molar-refractivity contribution is 5.75. The molecule has 0 saturated heterocycles. The van der Waals surface area contributed by atoms with Gasteiger partial charge in [-0.25, -0.2) is 0 Å². The maximum absolute atomic E-state index is 11.7. The van der Waals surface area contributed by atoms with Gasteiger partial charge in [0.25, 0.3) is 0 Å². The molecule has 3 unspecified atom stereocenters. The fourth-order valence-corrected chi connectivity index (χ4v) is 3.12. The van der Waals surface area contributed by atoms with Crippen LogP contribution in [0, 0.1) is 11.3 Å². The minimum Gasteiger partial charge on any atom is -0.468 e. The van der Waals surface area contributed by atoms with E-state index < -0.39 is 0 Å². The minimum atomic E-state index is -0.150. The van der Waals surface area contributed by atoms with Crippen molar-refractivity contribution in [2.24, 2.45) is 11.3 Å². The first-order valence-electron chi connectivity index (χ1n) is 7.24. The number of carbonyl (C=O) groups is 1. The molecule has 0 radical (unpaired) electrons. The Balaban J connectivity index is 2.69. The van der Waals surface area contributed by atoms with E-state index in [4.69, 9.17) is 4.74 Å². The fourth-order valence-electron chi connectivity index (χ4n) is 3.12. The van der Waals surface area contributed by atoms with Crippen LogP contribution >= 0.6 is 0 Å². The maximum Gasteiger partial charge on any atom is 0.322 e. The van der Waals surface area contributed by atoms with Crippen molar-refractivity contribution in [3.05, 3.63) is 0 Å². The Labute approximate surface area is 112 Å². The lowest BCUT2D eigenvalue weighted by molar-refractivity contribution is -0.143. The smallest absolute Gasteiger partial charge is 0.322 e. The number of hydrogen-bond donors (Lipinski definition) is 1. The highest BCUT2D eigenvalue weighted by Gasteiger charge is 2.35. The van der Waals surface area contributed by atoms with Crippen molar-refractivity contribution < 1.29 is 9.53 Å². The maximum atomic E-state index is 11.7. The quantitative estimate of drug-likeness (QED) is 0.784. The van der Waals surface area contributed by atoms with E-state index in [1.54, 1.807) is 0 Å². The summed E-state index contributed by atoms with van der Waals surface area (Å²) in [7, 11) is 1.47. The first-order chi connectivity index (χ1) is 8.40.